The highest BCUT2D eigenvalue weighted by molar-refractivity contribution is 6.33. The van der Waals surface area contributed by atoms with E-state index >= 15 is 0 Å². The van der Waals surface area contributed by atoms with Crippen LogP contribution in [0.3, 0.4) is 0 Å². The van der Waals surface area contributed by atoms with Gasteiger partial charge >= 0.3 is 6.18 Å². The number of halogens is 4. The first kappa shape index (κ1) is 18.1. The average molecular weight is 326 g/mol. The molecule has 0 aliphatic heterocycles. The summed E-state index contributed by atoms with van der Waals surface area (Å²) in [5.41, 5.74) is -1.08. The van der Waals surface area contributed by atoms with Gasteiger partial charge in [-0.25, -0.2) is 0 Å². The van der Waals surface area contributed by atoms with Crippen LogP contribution in [0.4, 0.5) is 18.9 Å². The van der Waals surface area contributed by atoms with Gasteiger partial charge in [0.05, 0.1) is 29.0 Å². The Balaban J connectivity index is 2.63. The molecule has 0 aromatic heterocycles. The van der Waals surface area contributed by atoms with Gasteiger partial charge in [0.2, 0.25) is 0 Å². The highest BCUT2D eigenvalue weighted by atomic mass is 35.5. The van der Waals surface area contributed by atoms with Crippen LogP contribution in [0, 0.1) is 5.92 Å². The first-order valence-corrected chi connectivity index (χ1v) is 6.95. The van der Waals surface area contributed by atoms with E-state index in [9.17, 15) is 18.3 Å². The van der Waals surface area contributed by atoms with Crippen molar-refractivity contribution >= 4 is 17.3 Å². The van der Waals surface area contributed by atoms with Gasteiger partial charge in [-0.05, 0) is 18.1 Å². The lowest BCUT2D eigenvalue weighted by molar-refractivity contribution is -0.137. The second-order valence-corrected chi connectivity index (χ2v) is 5.53. The lowest BCUT2D eigenvalue weighted by atomic mass is 10.1. The first-order valence-electron chi connectivity index (χ1n) is 6.57. The van der Waals surface area contributed by atoms with E-state index in [1.165, 1.54) is 12.1 Å². The van der Waals surface area contributed by atoms with E-state index in [4.69, 9.17) is 16.3 Å². The highest BCUT2D eigenvalue weighted by Gasteiger charge is 2.34. The maximum Gasteiger partial charge on any atom is 0.418 e. The number of hydrogen-bond acceptors (Lipinski definition) is 3. The quantitative estimate of drug-likeness (QED) is 0.801. The minimum atomic E-state index is -4.51. The summed E-state index contributed by atoms with van der Waals surface area (Å²) in [5.74, 6) is 0.325. The van der Waals surface area contributed by atoms with Crippen LogP contribution in [0.2, 0.25) is 5.02 Å². The third-order valence-corrected chi connectivity index (χ3v) is 2.91. The van der Waals surface area contributed by atoms with Crippen LogP contribution in [-0.2, 0) is 10.9 Å². The molecule has 0 bridgehead atoms. The van der Waals surface area contributed by atoms with Crippen LogP contribution < -0.4 is 5.32 Å². The molecule has 1 unspecified atom stereocenters. The summed E-state index contributed by atoms with van der Waals surface area (Å²) in [4.78, 5) is 0. The van der Waals surface area contributed by atoms with Crippen molar-refractivity contribution in [3.63, 3.8) is 0 Å². The molecule has 0 saturated heterocycles. The number of benzene rings is 1. The van der Waals surface area contributed by atoms with Crippen molar-refractivity contribution in [2.24, 2.45) is 5.92 Å². The number of aliphatic hydroxyl groups is 1. The van der Waals surface area contributed by atoms with E-state index in [2.05, 4.69) is 5.32 Å². The summed E-state index contributed by atoms with van der Waals surface area (Å²) < 4.78 is 43.8. The van der Waals surface area contributed by atoms with Crippen LogP contribution in [0.25, 0.3) is 0 Å². The van der Waals surface area contributed by atoms with E-state index in [1.807, 2.05) is 13.8 Å². The maximum atomic E-state index is 12.9. The molecule has 0 heterocycles. The third kappa shape index (κ3) is 6.11. The van der Waals surface area contributed by atoms with Crippen molar-refractivity contribution in [3.8, 4) is 0 Å². The topological polar surface area (TPSA) is 41.5 Å². The second kappa shape index (κ2) is 7.87. The van der Waals surface area contributed by atoms with E-state index in [0.29, 0.717) is 12.5 Å². The number of aliphatic hydroxyl groups excluding tert-OH is 1. The van der Waals surface area contributed by atoms with Gasteiger partial charge in [0, 0.05) is 13.2 Å². The van der Waals surface area contributed by atoms with Crippen LogP contribution in [0.5, 0.6) is 0 Å². The number of ether oxygens (including phenoxy) is 1. The fraction of sp³-hybridized carbons (Fsp3) is 0.571. The molecule has 1 atom stereocenters. The predicted octanol–water partition coefficient (Wildman–Crippen LogP) is 3.80. The molecule has 2 N–H and O–H groups in total. The molecule has 1 aromatic carbocycles. The van der Waals surface area contributed by atoms with Crippen molar-refractivity contribution < 1.29 is 23.0 Å². The molecule has 0 spiro atoms. The number of alkyl halides is 3. The monoisotopic (exact) mass is 325 g/mol. The normalized spacial score (nSPS) is 13.5. The standard InChI is InChI=1S/C14H19ClF3NO2/c1-9(2)7-21-8-10(20)6-19-13-11(14(16,17)18)4-3-5-12(13)15/h3-5,9-10,19-20H,6-8H2,1-2H3. The van der Waals surface area contributed by atoms with Gasteiger partial charge in [-0.1, -0.05) is 31.5 Å². The van der Waals surface area contributed by atoms with Crippen molar-refractivity contribution in [2.75, 3.05) is 25.1 Å². The van der Waals surface area contributed by atoms with Gasteiger partial charge in [0.1, 0.15) is 0 Å². The van der Waals surface area contributed by atoms with Crippen molar-refractivity contribution in [1.29, 1.82) is 0 Å². The van der Waals surface area contributed by atoms with Gasteiger partial charge in [-0.3, -0.25) is 0 Å². The molecule has 0 aliphatic carbocycles. The summed E-state index contributed by atoms with van der Waals surface area (Å²) in [6.07, 6.45) is -5.42. The minimum Gasteiger partial charge on any atom is -0.389 e. The molecule has 0 fully saturated rings. The van der Waals surface area contributed by atoms with Gasteiger partial charge < -0.3 is 15.2 Å². The van der Waals surface area contributed by atoms with Crippen LogP contribution >= 0.6 is 11.6 Å². The molecule has 0 saturated carbocycles. The van der Waals surface area contributed by atoms with Crippen molar-refractivity contribution in [2.45, 2.75) is 26.1 Å². The van der Waals surface area contributed by atoms with Crippen LogP contribution in [-0.4, -0.2) is 31.0 Å². The fourth-order valence-corrected chi connectivity index (χ4v) is 1.90. The van der Waals surface area contributed by atoms with E-state index < -0.39 is 17.8 Å². The zero-order chi connectivity index (χ0) is 16.0. The zero-order valence-corrected chi connectivity index (χ0v) is 12.6. The first-order chi connectivity index (χ1) is 9.71. The lowest BCUT2D eigenvalue weighted by Gasteiger charge is -2.18. The highest BCUT2D eigenvalue weighted by Crippen LogP contribution is 2.38. The fourth-order valence-electron chi connectivity index (χ4n) is 1.66. The molecule has 21 heavy (non-hydrogen) atoms. The van der Waals surface area contributed by atoms with Crippen LogP contribution in [0.1, 0.15) is 19.4 Å². The van der Waals surface area contributed by atoms with E-state index in [-0.39, 0.29) is 23.9 Å². The van der Waals surface area contributed by atoms with Gasteiger partial charge in [-0.15, -0.1) is 0 Å². The Morgan fingerprint density at radius 2 is 1.95 bits per heavy atom. The Kier molecular flexibility index (Phi) is 6.77. The van der Waals surface area contributed by atoms with E-state index in [0.717, 1.165) is 6.07 Å². The molecule has 1 rings (SSSR count). The summed E-state index contributed by atoms with van der Waals surface area (Å²) in [5, 5.41) is 12.2. The van der Waals surface area contributed by atoms with Gasteiger partial charge in [-0.2, -0.15) is 13.2 Å². The smallest absolute Gasteiger partial charge is 0.389 e. The van der Waals surface area contributed by atoms with Gasteiger partial charge in [0.25, 0.3) is 0 Å². The summed E-state index contributed by atoms with van der Waals surface area (Å²) in [6.45, 7) is 4.38. The minimum absolute atomic E-state index is 0.0416. The van der Waals surface area contributed by atoms with Crippen molar-refractivity contribution in [1.82, 2.24) is 0 Å². The number of para-hydroxylation sites is 1. The third-order valence-electron chi connectivity index (χ3n) is 2.59. The molecule has 7 heteroatoms. The lowest BCUT2D eigenvalue weighted by Crippen LogP contribution is -2.26. The molecule has 1 aromatic rings. The molecule has 0 aliphatic rings. The maximum absolute atomic E-state index is 12.9. The Morgan fingerprint density at radius 3 is 2.52 bits per heavy atom. The second-order valence-electron chi connectivity index (χ2n) is 5.13. The summed E-state index contributed by atoms with van der Waals surface area (Å²) >= 11 is 5.79. The summed E-state index contributed by atoms with van der Waals surface area (Å²) in [7, 11) is 0. The molecular formula is C14H19ClF3NO2. The molecule has 120 valence electrons. The average Bonchev–Trinajstić information content (AvgIpc) is 2.35. The Morgan fingerprint density at radius 1 is 1.29 bits per heavy atom. The van der Waals surface area contributed by atoms with Crippen LogP contribution in [0.15, 0.2) is 18.2 Å². The van der Waals surface area contributed by atoms with Gasteiger partial charge in [0.15, 0.2) is 0 Å². The Bertz CT molecular complexity index is 452. The zero-order valence-electron chi connectivity index (χ0n) is 11.9. The number of nitrogens with one attached hydrogen (secondary N) is 1. The molecule has 0 amide bonds. The van der Waals surface area contributed by atoms with E-state index in [1.54, 1.807) is 0 Å². The SMILES string of the molecule is CC(C)COCC(O)CNc1c(Cl)cccc1C(F)(F)F. The number of anilines is 1. The Hall–Kier alpha value is -0.980. The molecule has 3 nitrogen and oxygen atoms in total. The Labute approximate surface area is 127 Å². The molecular weight excluding hydrogens is 307 g/mol. The number of hydrogen-bond donors (Lipinski definition) is 2. The number of rotatable bonds is 7. The predicted molar refractivity (Wildman–Crippen MR) is 76.6 cm³/mol. The van der Waals surface area contributed by atoms with Crippen molar-refractivity contribution in [3.05, 3.63) is 28.8 Å². The molecule has 0 radical (unpaired) electrons. The largest absolute Gasteiger partial charge is 0.418 e. The summed E-state index contributed by atoms with van der Waals surface area (Å²) in [6, 6.07) is 3.54.